The van der Waals surface area contributed by atoms with Gasteiger partial charge >= 0.3 is 5.97 Å². The molecule has 0 aromatic heterocycles. The number of ketones is 1. The highest BCUT2D eigenvalue weighted by Crippen LogP contribution is 2.35. The summed E-state index contributed by atoms with van der Waals surface area (Å²) in [4.78, 5) is 36.0. The van der Waals surface area contributed by atoms with Gasteiger partial charge in [0.05, 0.1) is 18.4 Å². The normalized spacial score (nSPS) is 14.6. The van der Waals surface area contributed by atoms with Gasteiger partial charge in [-0.25, -0.2) is 4.79 Å². The number of aromatic carboxylic acids is 1. The number of allylic oxidation sites excluding steroid dienone is 1. The van der Waals surface area contributed by atoms with Crippen LogP contribution in [0.3, 0.4) is 0 Å². The Morgan fingerprint density at radius 1 is 1.15 bits per heavy atom. The fraction of sp³-hybridized carbons (Fsp3) is 0.190. The average molecular weight is 365 g/mol. The molecule has 0 spiro atoms. The van der Waals surface area contributed by atoms with Crippen molar-refractivity contribution in [3.63, 3.8) is 0 Å². The maximum Gasteiger partial charge on any atom is 0.337 e. The number of para-hydroxylation sites is 1. The molecule has 0 radical (unpaired) electrons. The van der Waals surface area contributed by atoms with Gasteiger partial charge < -0.3 is 15.2 Å². The van der Waals surface area contributed by atoms with Crippen LogP contribution in [0, 0.1) is 6.92 Å². The molecule has 2 aromatic carbocycles. The van der Waals surface area contributed by atoms with Crippen LogP contribution in [-0.2, 0) is 4.79 Å². The Bertz CT molecular complexity index is 975. The summed E-state index contributed by atoms with van der Waals surface area (Å²) in [6.07, 6.45) is 2.17. The van der Waals surface area contributed by atoms with Crippen LogP contribution in [-0.4, -0.2) is 29.9 Å². The number of fused-ring (bicyclic) bond motifs is 1. The lowest BCUT2D eigenvalue weighted by Gasteiger charge is -2.20. The highest BCUT2D eigenvalue weighted by molar-refractivity contribution is 6.11. The second-order valence-electron chi connectivity index (χ2n) is 6.30. The van der Waals surface area contributed by atoms with Gasteiger partial charge in [-0.2, -0.15) is 0 Å². The Kier molecular flexibility index (Phi) is 5.07. The summed E-state index contributed by atoms with van der Waals surface area (Å²) in [5.41, 5.74) is 3.06. The fourth-order valence-electron chi connectivity index (χ4n) is 3.18. The van der Waals surface area contributed by atoms with E-state index in [9.17, 15) is 19.5 Å². The number of hydrogen-bond donors (Lipinski definition) is 2. The first-order valence-corrected chi connectivity index (χ1v) is 8.46. The van der Waals surface area contributed by atoms with Gasteiger partial charge in [0, 0.05) is 18.1 Å². The van der Waals surface area contributed by atoms with Crippen molar-refractivity contribution in [3.8, 4) is 5.75 Å². The molecular formula is C21H19NO5. The van der Waals surface area contributed by atoms with Crippen LogP contribution in [0.2, 0.25) is 0 Å². The molecule has 0 bridgehead atoms. The number of Topliss-reactive ketones (excluding diaryl/α,β-unsaturated/α-hetero) is 1. The summed E-state index contributed by atoms with van der Waals surface area (Å²) < 4.78 is 5.33. The Labute approximate surface area is 156 Å². The van der Waals surface area contributed by atoms with E-state index in [-0.39, 0.29) is 17.0 Å². The minimum absolute atomic E-state index is 0.0146. The SMILES string of the molecule is COc1cc2c(cc1C)C(=O)CC/C2=C\C(=O)Nc1ccccc1C(=O)O. The van der Waals surface area contributed by atoms with Crippen molar-refractivity contribution >= 4 is 28.9 Å². The molecule has 0 aliphatic heterocycles. The van der Waals surface area contributed by atoms with E-state index in [0.29, 0.717) is 35.3 Å². The third-order valence-corrected chi connectivity index (χ3v) is 4.52. The zero-order chi connectivity index (χ0) is 19.6. The minimum Gasteiger partial charge on any atom is -0.496 e. The number of benzene rings is 2. The fourth-order valence-corrected chi connectivity index (χ4v) is 3.18. The van der Waals surface area contributed by atoms with Crippen molar-refractivity contribution in [1.82, 2.24) is 0 Å². The molecular weight excluding hydrogens is 346 g/mol. The molecule has 6 heteroatoms. The summed E-state index contributed by atoms with van der Waals surface area (Å²) in [6.45, 7) is 1.86. The average Bonchev–Trinajstić information content (AvgIpc) is 2.64. The summed E-state index contributed by atoms with van der Waals surface area (Å²) in [5.74, 6) is -0.888. The van der Waals surface area contributed by atoms with Crippen molar-refractivity contribution in [2.24, 2.45) is 0 Å². The predicted octanol–water partition coefficient (Wildman–Crippen LogP) is 3.70. The van der Waals surface area contributed by atoms with E-state index < -0.39 is 11.9 Å². The number of carboxylic acid groups (broad SMARTS) is 1. The second-order valence-corrected chi connectivity index (χ2v) is 6.30. The topological polar surface area (TPSA) is 92.7 Å². The largest absolute Gasteiger partial charge is 0.496 e. The number of nitrogens with one attached hydrogen (secondary N) is 1. The van der Waals surface area contributed by atoms with Gasteiger partial charge in [0.15, 0.2) is 5.78 Å². The van der Waals surface area contributed by atoms with Crippen molar-refractivity contribution < 1.29 is 24.2 Å². The standard InChI is InChI=1S/C21H19NO5/c1-12-9-16-15(11-19(12)27-2)13(7-8-18(16)23)10-20(24)22-17-6-4-3-5-14(17)21(25)26/h3-6,9-11H,7-8H2,1-2H3,(H,22,24)(H,25,26)/b13-10+. The molecule has 1 aliphatic carbocycles. The molecule has 1 amide bonds. The van der Waals surface area contributed by atoms with Crippen molar-refractivity contribution in [2.45, 2.75) is 19.8 Å². The van der Waals surface area contributed by atoms with Crippen LogP contribution < -0.4 is 10.1 Å². The number of methoxy groups -OCH3 is 1. The van der Waals surface area contributed by atoms with Gasteiger partial charge in [0.1, 0.15) is 5.75 Å². The Morgan fingerprint density at radius 3 is 2.59 bits per heavy atom. The third kappa shape index (κ3) is 3.74. The molecule has 1 aliphatic rings. The van der Waals surface area contributed by atoms with E-state index in [1.54, 1.807) is 31.4 Å². The zero-order valence-corrected chi connectivity index (χ0v) is 15.0. The first-order chi connectivity index (χ1) is 12.9. The molecule has 0 heterocycles. The van der Waals surface area contributed by atoms with Crippen LogP contribution in [0.5, 0.6) is 5.75 Å². The quantitative estimate of drug-likeness (QED) is 0.806. The smallest absolute Gasteiger partial charge is 0.337 e. The number of carbonyl (C=O) groups is 3. The summed E-state index contributed by atoms with van der Waals surface area (Å²) >= 11 is 0. The Balaban J connectivity index is 1.95. The number of anilines is 1. The first-order valence-electron chi connectivity index (χ1n) is 8.46. The van der Waals surface area contributed by atoms with Gasteiger partial charge in [-0.1, -0.05) is 12.1 Å². The number of carboxylic acids is 1. The number of ether oxygens (including phenoxy) is 1. The lowest BCUT2D eigenvalue weighted by atomic mass is 9.85. The van der Waals surface area contributed by atoms with Crippen LogP contribution in [0.1, 0.15) is 44.7 Å². The van der Waals surface area contributed by atoms with Gasteiger partial charge in [-0.3, -0.25) is 9.59 Å². The molecule has 6 nitrogen and oxygen atoms in total. The predicted molar refractivity (Wildman–Crippen MR) is 101 cm³/mol. The molecule has 27 heavy (non-hydrogen) atoms. The molecule has 138 valence electrons. The van der Waals surface area contributed by atoms with E-state index in [1.807, 2.05) is 6.92 Å². The second kappa shape index (κ2) is 7.45. The molecule has 2 aromatic rings. The highest BCUT2D eigenvalue weighted by atomic mass is 16.5. The minimum atomic E-state index is -1.12. The number of amides is 1. The number of carbonyl (C=O) groups excluding carboxylic acids is 2. The lowest BCUT2D eigenvalue weighted by molar-refractivity contribution is -0.111. The van der Waals surface area contributed by atoms with Gasteiger partial charge in [0.2, 0.25) is 5.91 Å². The first kappa shape index (κ1) is 18.4. The van der Waals surface area contributed by atoms with Crippen molar-refractivity contribution in [2.75, 3.05) is 12.4 Å². The highest BCUT2D eigenvalue weighted by Gasteiger charge is 2.23. The van der Waals surface area contributed by atoms with Crippen molar-refractivity contribution in [3.05, 3.63) is 64.7 Å². The number of rotatable bonds is 4. The molecule has 0 atom stereocenters. The van der Waals surface area contributed by atoms with E-state index in [4.69, 9.17) is 4.74 Å². The van der Waals surface area contributed by atoms with Gasteiger partial charge in [-0.15, -0.1) is 0 Å². The van der Waals surface area contributed by atoms with Crippen LogP contribution in [0.25, 0.3) is 5.57 Å². The molecule has 0 saturated carbocycles. The van der Waals surface area contributed by atoms with Crippen LogP contribution >= 0.6 is 0 Å². The maximum absolute atomic E-state index is 12.5. The number of aryl methyl sites for hydroxylation is 1. The molecule has 3 rings (SSSR count). The molecule has 0 fully saturated rings. The van der Waals surface area contributed by atoms with E-state index in [1.165, 1.54) is 18.2 Å². The van der Waals surface area contributed by atoms with E-state index in [2.05, 4.69) is 5.32 Å². The zero-order valence-electron chi connectivity index (χ0n) is 15.0. The molecule has 0 saturated heterocycles. The number of hydrogen-bond acceptors (Lipinski definition) is 4. The molecule has 0 unspecified atom stereocenters. The van der Waals surface area contributed by atoms with E-state index >= 15 is 0 Å². The van der Waals surface area contributed by atoms with Crippen LogP contribution in [0.4, 0.5) is 5.69 Å². The Morgan fingerprint density at radius 2 is 1.89 bits per heavy atom. The van der Waals surface area contributed by atoms with Crippen molar-refractivity contribution in [1.29, 1.82) is 0 Å². The van der Waals surface area contributed by atoms with Gasteiger partial charge in [0.25, 0.3) is 0 Å². The monoisotopic (exact) mass is 365 g/mol. The summed E-state index contributed by atoms with van der Waals surface area (Å²) in [7, 11) is 1.55. The maximum atomic E-state index is 12.5. The van der Waals surface area contributed by atoms with E-state index in [0.717, 1.165) is 5.56 Å². The summed E-state index contributed by atoms with van der Waals surface area (Å²) in [6, 6.07) is 9.75. The lowest BCUT2D eigenvalue weighted by Crippen LogP contribution is -2.15. The Hall–Kier alpha value is -3.41. The molecule has 2 N–H and O–H groups in total. The third-order valence-electron chi connectivity index (χ3n) is 4.52. The van der Waals surface area contributed by atoms with Gasteiger partial charge in [-0.05, 0) is 54.3 Å². The summed E-state index contributed by atoms with van der Waals surface area (Å²) in [5, 5.41) is 11.8. The van der Waals surface area contributed by atoms with Crippen LogP contribution in [0.15, 0.2) is 42.5 Å².